The van der Waals surface area contributed by atoms with Crippen LogP contribution in [0.25, 0.3) is 0 Å². The van der Waals surface area contributed by atoms with Gasteiger partial charge in [0.15, 0.2) is 0 Å². The molecule has 0 radical (unpaired) electrons. The number of anilines is 1. The molecule has 0 aromatic heterocycles. The number of alkyl halides is 6. The van der Waals surface area contributed by atoms with Gasteiger partial charge in [-0.2, -0.15) is 26.3 Å². The Kier molecular flexibility index (Phi) is 7.29. The zero-order valence-corrected chi connectivity index (χ0v) is 19.7. The molecule has 6 nitrogen and oxygen atoms in total. The second kappa shape index (κ2) is 10.1. The lowest BCUT2D eigenvalue weighted by Gasteiger charge is -2.39. The molecule has 37 heavy (non-hydrogen) atoms. The van der Waals surface area contributed by atoms with Gasteiger partial charge in [-0.15, -0.1) is 0 Å². The van der Waals surface area contributed by atoms with Crippen LogP contribution in [0, 0.1) is 0 Å². The Morgan fingerprint density at radius 1 is 0.946 bits per heavy atom. The molecule has 2 saturated heterocycles. The Balaban J connectivity index is 1.42. The maximum absolute atomic E-state index is 13.7. The van der Waals surface area contributed by atoms with Gasteiger partial charge in [0.05, 0.1) is 11.1 Å². The SMILES string of the molecule is CC(=O)NCc1ccc(OC2C[C@H]3CC[C@@H](C2)N3C(=O)Nc2ccc(C(F)(F)F)cc2)c(C(F)(F)F)c1. The van der Waals surface area contributed by atoms with Crippen LogP contribution in [-0.4, -0.2) is 35.0 Å². The standard InChI is InChI=1S/C25H25F6N3O3/c1-14(35)32-13-15-2-9-22(21(10-15)25(29,30)31)37-20-11-18-7-8-19(12-20)34(18)23(36)33-17-5-3-16(4-6-17)24(26,27)28/h2-6,9-10,18-20H,7-8,11-13H2,1H3,(H,32,35)(H,33,36)/t18-,19+,20?. The van der Waals surface area contributed by atoms with Gasteiger partial charge in [-0.1, -0.05) is 6.07 Å². The fourth-order valence-corrected chi connectivity index (χ4v) is 4.90. The molecule has 0 saturated carbocycles. The van der Waals surface area contributed by atoms with Crippen LogP contribution in [0.4, 0.5) is 36.8 Å². The molecule has 2 fully saturated rings. The van der Waals surface area contributed by atoms with Crippen LogP contribution in [0.15, 0.2) is 42.5 Å². The number of urea groups is 1. The molecule has 2 aliphatic rings. The number of hydrogen-bond donors (Lipinski definition) is 2. The molecule has 200 valence electrons. The summed E-state index contributed by atoms with van der Waals surface area (Å²) in [7, 11) is 0. The quantitative estimate of drug-likeness (QED) is 0.469. The summed E-state index contributed by atoms with van der Waals surface area (Å²) in [5.41, 5.74) is -1.27. The smallest absolute Gasteiger partial charge is 0.419 e. The number of nitrogens with one attached hydrogen (secondary N) is 2. The molecule has 0 aliphatic carbocycles. The van der Waals surface area contributed by atoms with Gasteiger partial charge in [-0.05, 0) is 54.8 Å². The first-order valence-corrected chi connectivity index (χ1v) is 11.7. The van der Waals surface area contributed by atoms with Gasteiger partial charge in [0.2, 0.25) is 5.91 Å². The average Bonchev–Trinajstić information content (AvgIpc) is 3.08. The molecule has 2 aliphatic heterocycles. The Labute approximate surface area is 209 Å². The number of carbonyl (C=O) groups excluding carboxylic acids is 2. The third-order valence-electron chi connectivity index (χ3n) is 6.57. The van der Waals surface area contributed by atoms with E-state index < -0.39 is 35.6 Å². The second-order valence-electron chi connectivity index (χ2n) is 9.25. The minimum absolute atomic E-state index is 0.0464. The Morgan fingerprint density at radius 2 is 1.57 bits per heavy atom. The molecular weight excluding hydrogens is 504 g/mol. The van der Waals surface area contributed by atoms with E-state index in [9.17, 15) is 35.9 Å². The number of benzene rings is 2. The summed E-state index contributed by atoms with van der Waals surface area (Å²) in [4.78, 5) is 25.6. The molecule has 2 bridgehead atoms. The lowest BCUT2D eigenvalue weighted by Crippen LogP contribution is -2.50. The summed E-state index contributed by atoms with van der Waals surface area (Å²) in [5.74, 6) is -0.676. The number of carbonyl (C=O) groups is 2. The number of fused-ring (bicyclic) bond motifs is 2. The fourth-order valence-electron chi connectivity index (χ4n) is 4.90. The van der Waals surface area contributed by atoms with Crippen molar-refractivity contribution in [2.24, 2.45) is 0 Å². The lowest BCUT2D eigenvalue weighted by molar-refractivity contribution is -0.139. The molecule has 4 rings (SSSR count). The van der Waals surface area contributed by atoms with Crippen molar-refractivity contribution in [2.45, 2.75) is 69.7 Å². The summed E-state index contributed by atoms with van der Waals surface area (Å²) in [6.45, 7) is 1.22. The molecule has 2 aromatic carbocycles. The maximum Gasteiger partial charge on any atom is 0.419 e. The van der Waals surface area contributed by atoms with E-state index in [2.05, 4.69) is 10.6 Å². The number of hydrogen-bond acceptors (Lipinski definition) is 3. The molecular formula is C25H25F6N3O3. The number of nitrogens with zero attached hydrogens (tertiary/aromatic N) is 1. The van der Waals surface area contributed by atoms with Gasteiger partial charge >= 0.3 is 18.4 Å². The van der Waals surface area contributed by atoms with Crippen LogP contribution in [0.2, 0.25) is 0 Å². The van der Waals surface area contributed by atoms with Gasteiger partial charge in [0.1, 0.15) is 11.9 Å². The molecule has 2 aromatic rings. The van der Waals surface area contributed by atoms with Crippen LogP contribution in [0.5, 0.6) is 5.75 Å². The van der Waals surface area contributed by atoms with Crippen LogP contribution in [0.3, 0.4) is 0 Å². The van der Waals surface area contributed by atoms with E-state index in [1.54, 1.807) is 4.90 Å². The number of amides is 3. The van der Waals surface area contributed by atoms with Crippen molar-refractivity contribution in [3.05, 3.63) is 59.2 Å². The Bertz CT molecular complexity index is 1140. The monoisotopic (exact) mass is 529 g/mol. The van der Waals surface area contributed by atoms with Crippen molar-refractivity contribution >= 4 is 17.6 Å². The molecule has 2 N–H and O–H groups in total. The zero-order chi connectivity index (χ0) is 27.0. The summed E-state index contributed by atoms with van der Waals surface area (Å²) in [6.07, 6.45) is -7.76. The normalized spacial score (nSPS) is 21.5. The first kappa shape index (κ1) is 26.6. The molecule has 12 heteroatoms. The van der Waals surface area contributed by atoms with E-state index in [4.69, 9.17) is 4.74 Å². The van der Waals surface area contributed by atoms with E-state index >= 15 is 0 Å². The highest BCUT2D eigenvalue weighted by Crippen LogP contribution is 2.41. The Morgan fingerprint density at radius 3 is 2.11 bits per heavy atom. The minimum Gasteiger partial charge on any atom is -0.490 e. The van der Waals surface area contributed by atoms with E-state index in [0.29, 0.717) is 25.7 Å². The highest BCUT2D eigenvalue weighted by Gasteiger charge is 2.45. The summed E-state index contributed by atoms with van der Waals surface area (Å²) < 4.78 is 85.3. The van der Waals surface area contributed by atoms with E-state index in [1.807, 2.05) is 0 Å². The fraction of sp³-hybridized carbons (Fsp3) is 0.440. The van der Waals surface area contributed by atoms with E-state index in [0.717, 1.165) is 18.2 Å². The largest absolute Gasteiger partial charge is 0.490 e. The lowest BCUT2D eigenvalue weighted by atomic mass is 9.99. The third kappa shape index (κ3) is 6.28. The topological polar surface area (TPSA) is 70.7 Å². The van der Waals surface area contributed by atoms with Gasteiger partial charge in [0.25, 0.3) is 0 Å². The summed E-state index contributed by atoms with van der Waals surface area (Å²) in [5, 5.41) is 5.07. The number of piperidine rings is 1. The van der Waals surface area contributed by atoms with Crippen molar-refractivity contribution in [3.63, 3.8) is 0 Å². The number of halogens is 6. The first-order valence-electron chi connectivity index (χ1n) is 11.7. The van der Waals surface area contributed by atoms with E-state index in [1.165, 1.54) is 31.2 Å². The maximum atomic E-state index is 13.7. The van der Waals surface area contributed by atoms with Gasteiger partial charge in [-0.25, -0.2) is 4.79 Å². The number of ether oxygens (including phenoxy) is 1. The van der Waals surface area contributed by atoms with Gasteiger partial charge in [-0.3, -0.25) is 4.79 Å². The van der Waals surface area contributed by atoms with Gasteiger partial charge in [0, 0.05) is 44.1 Å². The average molecular weight is 529 g/mol. The second-order valence-corrected chi connectivity index (χ2v) is 9.25. The van der Waals surface area contributed by atoms with Crippen LogP contribution < -0.4 is 15.4 Å². The Hall–Kier alpha value is -3.44. The highest BCUT2D eigenvalue weighted by molar-refractivity contribution is 5.90. The third-order valence-corrected chi connectivity index (χ3v) is 6.57. The van der Waals surface area contributed by atoms with Crippen LogP contribution >= 0.6 is 0 Å². The predicted molar refractivity (Wildman–Crippen MR) is 122 cm³/mol. The predicted octanol–water partition coefficient (Wildman–Crippen LogP) is 5.97. The van der Waals surface area contributed by atoms with Crippen LogP contribution in [-0.2, 0) is 23.7 Å². The van der Waals surface area contributed by atoms with Crippen molar-refractivity contribution < 1.29 is 40.7 Å². The number of rotatable bonds is 5. The summed E-state index contributed by atoms with van der Waals surface area (Å²) >= 11 is 0. The van der Waals surface area contributed by atoms with E-state index in [-0.39, 0.29) is 41.5 Å². The summed E-state index contributed by atoms with van der Waals surface area (Å²) in [6, 6.07) is 6.75. The zero-order valence-electron chi connectivity index (χ0n) is 19.7. The van der Waals surface area contributed by atoms with Crippen molar-refractivity contribution in [1.82, 2.24) is 10.2 Å². The van der Waals surface area contributed by atoms with Crippen molar-refractivity contribution in [3.8, 4) is 5.75 Å². The van der Waals surface area contributed by atoms with Crippen LogP contribution in [0.1, 0.15) is 49.3 Å². The molecule has 0 spiro atoms. The molecule has 3 amide bonds. The van der Waals surface area contributed by atoms with Crippen molar-refractivity contribution in [1.29, 1.82) is 0 Å². The first-order chi connectivity index (χ1) is 17.3. The van der Waals surface area contributed by atoms with Crippen molar-refractivity contribution in [2.75, 3.05) is 5.32 Å². The minimum atomic E-state index is -4.66. The molecule has 1 unspecified atom stereocenters. The van der Waals surface area contributed by atoms with Gasteiger partial charge < -0.3 is 20.3 Å². The molecule has 3 atom stereocenters. The highest BCUT2D eigenvalue weighted by atomic mass is 19.4. The molecule has 2 heterocycles.